The molecule has 0 radical (unpaired) electrons. The first-order valence-corrected chi connectivity index (χ1v) is 9.28. The van der Waals surface area contributed by atoms with E-state index in [9.17, 15) is 9.59 Å². The van der Waals surface area contributed by atoms with Gasteiger partial charge in [0.1, 0.15) is 5.82 Å². The van der Waals surface area contributed by atoms with Gasteiger partial charge in [0.25, 0.3) is 5.91 Å². The number of urea groups is 1. The summed E-state index contributed by atoms with van der Waals surface area (Å²) in [4.78, 5) is 30.5. The summed E-state index contributed by atoms with van der Waals surface area (Å²) in [5.41, 5.74) is 2.13. The van der Waals surface area contributed by atoms with E-state index in [1.807, 2.05) is 19.1 Å². The smallest absolute Gasteiger partial charge is 0.319 e. The molecule has 0 atom stereocenters. The van der Waals surface area contributed by atoms with Crippen LogP contribution in [0.15, 0.2) is 42.6 Å². The lowest BCUT2D eigenvalue weighted by atomic mass is 10.2. The van der Waals surface area contributed by atoms with Gasteiger partial charge in [0.05, 0.1) is 0 Å². The van der Waals surface area contributed by atoms with E-state index in [-0.39, 0.29) is 11.9 Å². The molecule has 142 valence electrons. The van der Waals surface area contributed by atoms with Crippen molar-refractivity contribution >= 4 is 23.4 Å². The molecule has 3 N–H and O–H groups in total. The molecule has 7 nitrogen and oxygen atoms in total. The summed E-state index contributed by atoms with van der Waals surface area (Å²) in [6.07, 6.45) is 4.24. The van der Waals surface area contributed by atoms with Gasteiger partial charge in [-0.1, -0.05) is 6.07 Å². The van der Waals surface area contributed by atoms with Gasteiger partial charge in [0.15, 0.2) is 0 Å². The number of nitrogens with zero attached hydrogens (tertiary/aromatic N) is 2. The molecule has 1 aromatic heterocycles. The Balaban J connectivity index is 1.47. The van der Waals surface area contributed by atoms with Crippen molar-refractivity contribution in [2.24, 2.45) is 0 Å². The fraction of sp³-hybridized carbons (Fsp3) is 0.350. The van der Waals surface area contributed by atoms with Gasteiger partial charge in [-0.15, -0.1) is 0 Å². The molecule has 7 heteroatoms. The van der Waals surface area contributed by atoms with Crippen LogP contribution in [0.25, 0.3) is 0 Å². The number of anilines is 2. The lowest BCUT2D eigenvalue weighted by Gasteiger charge is -2.16. The lowest BCUT2D eigenvalue weighted by Crippen LogP contribution is -2.28. The molecule has 0 bridgehead atoms. The first-order valence-electron chi connectivity index (χ1n) is 9.28. The van der Waals surface area contributed by atoms with Crippen molar-refractivity contribution in [3.05, 3.63) is 53.7 Å². The number of aromatic nitrogens is 1. The minimum absolute atomic E-state index is 0.127. The minimum Gasteiger partial charge on any atom is -0.357 e. The van der Waals surface area contributed by atoms with E-state index < -0.39 is 0 Å². The number of hydrogen-bond acceptors (Lipinski definition) is 4. The van der Waals surface area contributed by atoms with Crippen LogP contribution in [0.2, 0.25) is 0 Å². The van der Waals surface area contributed by atoms with Gasteiger partial charge in [0.2, 0.25) is 0 Å². The fourth-order valence-electron chi connectivity index (χ4n) is 2.98. The summed E-state index contributed by atoms with van der Waals surface area (Å²) >= 11 is 0. The van der Waals surface area contributed by atoms with Crippen LogP contribution in [0.4, 0.5) is 16.3 Å². The van der Waals surface area contributed by atoms with Gasteiger partial charge in [0, 0.05) is 43.6 Å². The number of rotatable bonds is 6. The number of nitrogens with one attached hydrogen (secondary N) is 3. The Morgan fingerprint density at radius 3 is 2.41 bits per heavy atom. The highest BCUT2D eigenvalue weighted by atomic mass is 16.2. The lowest BCUT2D eigenvalue weighted by molar-refractivity contribution is 0.0956. The molecule has 0 spiro atoms. The van der Waals surface area contributed by atoms with Crippen molar-refractivity contribution in [3.63, 3.8) is 0 Å². The zero-order valence-corrected chi connectivity index (χ0v) is 15.5. The van der Waals surface area contributed by atoms with Crippen molar-refractivity contribution < 1.29 is 9.59 Å². The average molecular weight is 367 g/mol. The van der Waals surface area contributed by atoms with E-state index >= 15 is 0 Å². The first-order chi connectivity index (χ1) is 13.2. The maximum Gasteiger partial charge on any atom is 0.319 e. The third kappa shape index (κ3) is 5.20. The van der Waals surface area contributed by atoms with E-state index in [1.54, 1.807) is 30.5 Å². The van der Waals surface area contributed by atoms with Gasteiger partial charge in [-0.2, -0.15) is 0 Å². The molecule has 0 unspecified atom stereocenters. The number of carbonyl (C=O) groups is 2. The first kappa shape index (κ1) is 18.7. The predicted molar refractivity (Wildman–Crippen MR) is 106 cm³/mol. The zero-order chi connectivity index (χ0) is 19.1. The van der Waals surface area contributed by atoms with Gasteiger partial charge in [-0.25, -0.2) is 9.78 Å². The maximum atomic E-state index is 12.1. The van der Waals surface area contributed by atoms with Crippen LogP contribution in [-0.2, 0) is 6.54 Å². The summed E-state index contributed by atoms with van der Waals surface area (Å²) in [6.45, 7) is 4.97. The molecule has 1 fully saturated rings. The summed E-state index contributed by atoms with van der Waals surface area (Å²) in [5.74, 6) is 0.867. The second kappa shape index (κ2) is 9.02. The Morgan fingerprint density at radius 2 is 1.78 bits per heavy atom. The van der Waals surface area contributed by atoms with Crippen molar-refractivity contribution in [3.8, 4) is 0 Å². The third-order valence-electron chi connectivity index (χ3n) is 4.43. The molecule has 1 aliphatic rings. The Bertz CT molecular complexity index is 768. The van der Waals surface area contributed by atoms with Gasteiger partial charge in [-0.3, -0.25) is 4.79 Å². The molecule has 0 aliphatic carbocycles. The standard InChI is InChI=1S/C20H25N5O2/c1-2-21-19(26)16-6-8-17(9-7-16)24-20(27)23-14-15-5-10-18(22-13-15)25-11-3-4-12-25/h5-10,13H,2-4,11-12,14H2,1H3,(H,21,26)(H2,23,24,27). The molecular formula is C20H25N5O2. The van der Waals surface area contributed by atoms with Gasteiger partial charge in [-0.05, 0) is 55.7 Å². The number of amides is 3. The number of carbonyl (C=O) groups excluding carboxylic acids is 2. The van der Waals surface area contributed by atoms with Crippen LogP contribution in [0.1, 0.15) is 35.7 Å². The Labute approximate surface area is 159 Å². The van der Waals surface area contributed by atoms with Crippen molar-refractivity contribution in [1.82, 2.24) is 15.6 Å². The fourth-order valence-corrected chi connectivity index (χ4v) is 2.98. The van der Waals surface area contributed by atoms with E-state index in [1.165, 1.54) is 12.8 Å². The quantitative estimate of drug-likeness (QED) is 0.733. The average Bonchev–Trinajstić information content (AvgIpc) is 3.22. The minimum atomic E-state index is -0.302. The van der Waals surface area contributed by atoms with E-state index in [4.69, 9.17) is 0 Å². The van der Waals surface area contributed by atoms with Crippen LogP contribution >= 0.6 is 0 Å². The molecule has 0 saturated carbocycles. The van der Waals surface area contributed by atoms with Crippen molar-refractivity contribution in [2.75, 3.05) is 29.9 Å². The van der Waals surface area contributed by atoms with Crippen LogP contribution in [0.3, 0.4) is 0 Å². The van der Waals surface area contributed by atoms with Crippen LogP contribution < -0.4 is 20.9 Å². The number of benzene rings is 1. The summed E-state index contributed by atoms with van der Waals surface area (Å²) in [5, 5.41) is 8.30. The molecule has 3 rings (SSSR count). The Morgan fingerprint density at radius 1 is 1.04 bits per heavy atom. The van der Waals surface area contributed by atoms with E-state index in [0.717, 1.165) is 24.5 Å². The van der Waals surface area contributed by atoms with E-state index in [2.05, 4.69) is 25.8 Å². The molecule has 1 saturated heterocycles. The predicted octanol–water partition coefficient (Wildman–Crippen LogP) is 2.75. The molecule has 2 aromatic rings. The van der Waals surface area contributed by atoms with Crippen LogP contribution in [0.5, 0.6) is 0 Å². The topological polar surface area (TPSA) is 86.4 Å². The largest absolute Gasteiger partial charge is 0.357 e. The monoisotopic (exact) mass is 367 g/mol. The van der Waals surface area contributed by atoms with Crippen LogP contribution in [0, 0.1) is 0 Å². The Hall–Kier alpha value is -3.09. The molecule has 3 amide bonds. The molecule has 1 aromatic carbocycles. The normalized spacial score (nSPS) is 13.3. The Kier molecular flexibility index (Phi) is 6.25. The number of pyridine rings is 1. The summed E-state index contributed by atoms with van der Waals surface area (Å²) in [6, 6.07) is 10.5. The molecule has 2 heterocycles. The van der Waals surface area contributed by atoms with Gasteiger partial charge >= 0.3 is 6.03 Å². The highest BCUT2D eigenvalue weighted by Crippen LogP contribution is 2.17. The molecule has 1 aliphatic heterocycles. The van der Waals surface area contributed by atoms with Gasteiger partial charge < -0.3 is 20.9 Å². The zero-order valence-electron chi connectivity index (χ0n) is 15.5. The second-order valence-corrected chi connectivity index (χ2v) is 6.46. The maximum absolute atomic E-state index is 12.1. The van der Waals surface area contributed by atoms with Crippen molar-refractivity contribution in [1.29, 1.82) is 0 Å². The highest BCUT2D eigenvalue weighted by Gasteiger charge is 2.13. The third-order valence-corrected chi connectivity index (χ3v) is 4.43. The number of hydrogen-bond donors (Lipinski definition) is 3. The van der Waals surface area contributed by atoms with E-state index in [0.29, 0.717) is 24.3 Å². The second-order valence-electron chi connectivity index (χ2n) is 6.46. The molecular weight excluding hydrogens is 342 g/mol. The van der Waals surface area contributed by atoms with Crippen molar-refractivity contribution in [2.45, 2.75) is 26.3 Å². The highest BCUT2D eigenvalue weighted by molar-refractivity contribution is 5.95. The van der Waals surface area contributed by atoms with Crippen LogP contribution in [-0.4, -0.2) is 36.6 Å². The molecule has 27 heavy (non-hydrogen) atoms. The summed E-state index contributed by atoms with van der Waals surface area (Å²) in [7, 11) is 0. The SMILES string of the molecule is CCNC(=O)c1ccc(NC(=O)NCc2ccc(N3CCCC3)nc2)cc1. The summed E-state index contributed by atoms with van der Waals surface area (Å²) < 4.78 is 0.